The van der Waals surface area contributed by atoms with Crippen LogP contribution in [0.25, 0.3) is 0 Å². The molecule has 0 spiro atoms. The van der Waals surface area contributed by atoms with Crippen LogP contribution < -0.4 is 10.1 Å². The second-order valence-corrected chi connectivity index (χ2v) is 3.59. The number of carbonyl (C=O) groups excluding carboxylic acids is 1. The third-order valence-corrected chi connectivity index (χ3v) is 2.21. The number of hydrogen-bond donors (Lipinski definition) is 2. The molecular weight excluding hydrogens is 232 g/mol. The number of carbonyl (C=O) groups is 1. The van der Waals surface area contributed by atoms with E-state index in [0.717, 1.165) is 0 Å². The van der Waals surface area contributed by atoms with E-state index < -0.39 is 0 Å². The lowest BCUT2D eigenvalue weighted by atomic mass is 10.3. The van der Waals surface area contributed by atoms with Crippen LogP contribution in [0.3, 0.4) is 0 Å². The van der Waals surface area contributed by atoms with Crippen LogP contribution in [0, 0.1) is 12.3 Å². The van der Waals surface area contributed by atoms with Crippen molar-refractivity contribution < 1.29 is 14.6 Å². The molecule has 0 saturated carbocycles. The van der Waals surface area contributed by atoms with Crippen LogP contribution in [-0.2, 0) is 0 Å². The van der Waals surface area contributed by atoms with E-state index in [2.05, 4.69) is 11.2 Å². The van der Waals surface area contributed by atoms with Gasteiger partial charge in [0, 0.05) is 19.3 Å². The Morgan fingerprint density at radius 1 is 1.50 bits per heavy atom. The van der Waals surface area contributed by atoms with Crippen LogP contribution in [0.1, 0.15) is 0 Å². The first kappa shape index (κ1) is 13.9. The largest absolute Gasteiger partial charge is 0.481 e. The Balaban J connectivity index is 2.53. The molecule has 0 fully saturated rings. The van der Waals surface area contributed by atoms with Crippen LogP contribution in [0.2, 0.25) is 0 Å². The first-order valence-electron chi connectivity index (χ1n) is 5.46. The number of anilines is 1. The summed E-state index contributed by atoms with van der Waals surface area (Å²) in [5, 5.41) is 11.4. The second kappa shape index (κ2) is 7.20. The molecule has 18 heavy (non-hydrogen) atoms. The summed E-state index contributed by atoms with van der Waals surface area (Å²) in [6.45, 7) is 0.433. The quantitative estimate of drug-likeness (QED) is 0.768. The van der Waals surface area contributed by atoms with E-state index in [1.807, 2.05) is 0 Å². The summed E-state index contributed by atoms with van der Waals surface area (Å²) in [6, 6.07) is 6.60. The monoisotopic (exact) mass is 248 g/mol. The number of aliphatic hydroxyl groups is 1. The normalized spacial score (nSPS) is 9.39. The lowest BCUT2D eigenvalue weighted by Crippen LogP contribution is -2.33. The van der Waals surface area contributed by atoms with Crippen LogP contribution in [0.4, 0.5) is 10.5 Å². The van der Waals surface area contributed by atoms with Gasteiger partial charge in [0.1, 0.15) is 12.4 Å². The lowest BCUT2D eigenvalue weighted by molar-refractivity contribution is 0.202. The highest BCUT2D eigenvalue weighted by Crippen LogP contribution is 2.15. The van der Waals surface area contributed by atoms with Crippen molar-refractivity contribution in [3.05, 3.63) is 24.3 Å². The van der Waals surface area contributed by atoms with Gasteiger partial charge in [-0.05, 0) is 24.3 Å². The molecule has 0 radical (unpaired) electrons. The lowest BCUT2D eigenvalue weighted by Gasteiger charge is -2.16. The van der Waals surface area contributed by atoms with Gasteiger partial charge in [0.05, 0.1) is 6.61 Å². The number of nitrogens with one attached hydrogen (secondary N) is 1. The molecule has 5 heteroatoms. The van der Waals surface area contributed by atoms with Gasteiger partial charge in [-0.3, -0.25) is 0 Å². The molecule has 0 aliphatic rings. The molecule has 0 saturated heterocycles. The maximum absolute atomic E-state index is 11.6. The van der Waals surface area contributed by atoms with Crippen molar-refractivity contribution in [2.75, 3.05) is 32.1 Å². The predicted octanol–water partition coefficient (Wildman–Crippen LogP) is 1.15. The van der Waals surface area contributed by atoms with Crippen molar-refractivity contribution >= 4 is 11.7 Å². The fourth-order valence-corrected chi connectivity index (χ4v) is 1.23. The van der Waals surface area contributed by atoms with Crippen molar-refractivity contribution in [1.29, 1.82) is 0 Å². The summed E-state index contributed by atoms with van der Waals surface area (Å²) in [5.41, 5.74) is 0.651. The van der Waals surface area contributed by atoms with E-state index in [9.17, 15) is 4.79 Å². The summed E-state index contributed by atoms with van der Waals surface area (Å²) >= 11 is 0. The van der Waals surface area contributed by atoms with Crippen LogP contribution in [-0.4, -0.2) is 42.8 Å². The van der Waals surface area contributed by atoms with Crippen LogP contribution in [0.15, 0.2) is 24.3 Å². The number of aliphatic hydroxyl groups excluding tert-OH is 1. The van der Waals surface area contributed by atoms with Gasteiger partial charge in [0.2, 0.25) is 0 Å². The van der Waals surface area contributed by atoms with Gasteiger partial charge < -0.3 is 20.1 Å². The highest BCUT2D eigenvalue weighted by Gasteiger charge is 2.07. The number of hydrogen-bond acceptors (Lipinski definition) is 3. The highest BCUT2D eigenvalue weighted by atomic mass is 16.5. The van der Waals surface area contributed by atoms with Crippen molar-refractivity contribution in [2.24, 2.45) is 0 Å². The molecule has 0 aliphatic carbocycles. The molecule has 0 bridgehead atoms. The molecule has 1 rings (SSSR count). The average Bonchev–Trinajstić information content (AvgIpc) is 2.38. The second-order valence-electron chi connectivity index (χ2n) is 3.59. The van der Waals surface area contributed by atoms with Gasteiger partial charge >= 0.3 is 6.03 Å². The molecular formula is C13H16N2O3. The van der Waals surface area contributed by atoms with E-state index in [1.165, 1.54) is 4.90 Å². The number of urea groups is 1. The number of terminal acetylenes is 1. The minimum absolute atomic E-state index is 0.0667. The number of amides is 2. The van der Waals surface area contributed by atoms with Gasteiger partial charge in [0.25, 0.3) is 0 Å². The first-order chi connectivity index (χ1) is 8.67. The number of ether oxygens (including phenoxy) is 1. The third kappa shape index (κ3) is 4.36. The average molecular weight is 248 g/mol. The topological polar surface area (TPSA) is 61.8 Å². The zero-order valence-electron chi connectivity index (χ0n) is 10.2. The Labute approximate surface area is 106 Å². The molecule has 96 valence electrons. The van der Waals surface area contributed by atoms with Crippen molar-refractivity contribution in [3.63, 3.8) is 0 Å². The third-order valence-electron chi connectivity index (χ3n) is 2.21. The molecule has 2 amide bonds. The zero-order chi connectivity index (χ0) is 13.4. The summed E-state index contributed by atoms with van der Waals surface area (Å²) in [7, 11) is 1.61. The maximum atomic E-state index is 11.6. The maximum Gasteiger partial charge on any atom is 0.321 e. The highest BCUT2D eigenvalue weighted by molar-refractivity contribution is 5.89. The van der Waals surface area contributed by atoms with Crippen LogP contribution >= 0.6 is 0 Å². The number of benzene rings is 1. The van der Waals surface area contributed by atoms with Crippen molar-refractivity contribution in [1.82, 2.24) is 4.90 Å². The molecule has 1 aromatic rings. The van der Waals surface area contributed by atoms with E-state index in [1.54, 1.807) is 31.3 Å². The summed E-state index contributed by atoms with van der Waals surface area (Å²) < 4.78 is 5.21. The Morgan fingerprint density at radius 3 is 2.72 bits per heavy atom. The molecule has 0 heterocycles. The molecule has 2 N–H and O–H groups in total. The molecule has 5 nitrogen and oxygen atoms in total. The minimum atomic E-state index is -0.277. The smallest absolute Gasteiger partial charge is 0.321 e. The Kier molecular flexibility index (Phi) is 5.55. The van der Waals surface area contributed by atoms with E-state index >= 15 is 0 Å². The molecule has 0 unspecified atom stereocenters. The number of nitrogens with zero attached hydrogens (tertiary/aromatic N) is 1. The molecule has 1 aromatic carbocycles. The van der Waals surface area contributed by atoms with E-state index in [-0.39, 0.29) is 25.8 Å². The molecule has 0 aromatic heterocycles. The van der Waals surface area contributed by atoms with Gasteiger partial charge in [-0.25, -0.2) is 4.79 Å². The molecule has 0 atom stereocenters. The minimum Gasteiger partial charge on any atom is -0.481 e. The van der Waals surface area contributed by atoms with Crippen molar-refractivity contribution in [3.8, 4) is 18.1 Å². The van der Waals surface area contributed by atoms with Gasteiger partial charge in [-0.1, -0.05) is 5.92 Å². The standard InChI is InChI=1S/C13H16N2O3/c1-3-10-18-12-6-4-11(5-7-12)14-13(17)15(2)8-9-16/h1,4-7,16H,8-10H2,2H3,(H,14,17). The Hall–Kier alpha value is -2.19. The molecule has 0 aliphatic heterocycles. The van der Waals surface area contributed by atoms with Gasteiger partial charge in [-0.2, -0.15) is 0 Å². The van der Waals surface area contributed by atoms with E-state index in [0.29, 0.717) is 11.4 Å². The summed E-state index contributed by atoms with van der Waals surface area (Å²) in [6.07, 6.45) is 5.08. The Bertz CT molecular complexity index is 423. The first-order valence-corrected chi connectivity index (χ1v) is 5.46. The van der Waals surface area contributed by atoms with Gasteiger partial charge in [-0.15, -0.1) is 6.42 Å². The van der Waals surface area contributed by atoms with E-state index in [4.69, 9.17) is 16.3 Å². The zero-order valence-corrected chi connectivity index (χ0v) is 10.2. The number of likely N-dealkylation sites (N-methyl/N-ethyl adjacent to an activating group) is 1. The fraction of sp³-hybridized carbons (Fsp3) is 0.308. The van der Waals surface area contributed by atoms with Crippen LogP contribution in [0.5, 0.6) is 5.75 Å². The summed E-state index contributed by atoms with van der Waals surface area (Å²) in [5.74, 6) is 3.02. The fourth-order valence-electron chi connectivity index (χ4n) is 1.23. The number of rotatable bonds is 5. The summed E-state index contributed by atoms with van der Waals surface area (Å²) in [4.78, 5) is 13.0. The Morgan fingerprint density at radius 2 is 2.17 bits per heavy atom. The van der Waals surface area contributed by atoms with Gasteiger partial charge in [0.15, 0.2) is 0 Å². The van der Waals surface area contributed by atoms with Crippen molar-refractivity contribution in [2.45, 2.75) is 0 Å². The SMILES string of the molecule is C#CCOc1ccc(NC(=O)N(C)CCO)cc1. The predicted molar refractivity (Wildman–Crippen MR) is 69.5 cm³/mol.